The molecule has 0 saturated carbocycles. The normalized spacial score (nSPS) is 14.1. The number of nitrogens with zero attached hydrogens (tertiary/aromatic N) is 4. The van der Waals surface area contributed by atoms with Crippen molar-refractivity contribution in [1.82, 2.24) is 9.97 Å². The van der Waals surface area contributed by atoms with E-state index in [1.165, 1.54) is 6.07 Å². The van der Waals surface area contributed by atoms with E-state index >= 15 is 0 Å². The molecular formula is C29H31N5O4S. The highest BCUT2D eigenvalue weighted by Crippen LogP contribution is 2.28. The highest BCUT2D eigenvalue weighted by atomic mass is 32.2. The first-order valence-electron chi connectivity index (χ1n) is 12.9. The molecule has 0 atom stereocenters. The second-order valence-electron chi connectivity index (χ2n) is 10.1. The molecule has 0 radical (unpaired) electrons. The molecule has 1 aliphatic rings. The number of sulfonamides is 1. The maximum absolute atomic E-state index is 13.0. The Labute approximate surface area is 228 Å². The van der Waals surface area contributed by atoms with Crippen LogP contribution in [-0.2, 0) is 16.4 Å². The zero-order valence-corrected chi connectivity index (χ0v) is 22.7. The number of aromatic carboxylic acids is 1. The fraction of sp³-hybridized carbons (Fsp3) is 0.276. The number of pyridine rings is 2. The second-order valence-corrected chi connectivity index (χ2v) is 11.8. The van der Waals surface area contributed by atoms with E-state index in [0.29, 0.717) is 35.7 Å². The molecule has 5 rings (SSSR count). The first-order chi connectivity index (χ1) is 18.7. The van der Waals surface area contributed by atoms with Gasteiger partial charge in [0.2, 0.25) is 0 Å². The minimum absolute atomic E-state index is 0.0706. The van der Waals surface area contributed by atoms with Crippen LogP contribution in [0.25, 0.3) is 10.9 Å². The number of hydrogen-bond donors (Lipinski definition) is 2. The van der Waals surface area contributed by atoms with Gasteiger partial charge in [-0.1, -0.05) is 32.0 Å². The molecule has 4 aromatic rings. The van der Waals surface area contributed by atoms with Crippen molar-refractivity contribution < 1.29 is 18.3 Å². The maximum atomic E-state index is 13.0. The molecule has 39 heavy (non-hydrogen) atoms. The molecule has 1 aliphatic heterocycles. The summed E-state index contributed by atoms with van der Waals surface area (Å²) in [7, 11) is -3.85. The largest absolute Gasteiger partial charge is 0.478 e. The van der Waals surface area contributed by atoms with E-state index in [0.717, 1.165) is 30.9 Å². The summed E-state index contributed by atoms with van der Waals surface area (Å²) in [5, 5.41) is 10.4. The summed E-state index contributed by atoms with van der Waals surface area (Å²) >= 11 is 0. The predicted molar refractivity (Wildman–Crippen MR) is 153 cm³/mol. The number of carbonyl (C=O) groups is 1. The summed E-state index contributed by atoms with van der Waals surface area (Å²) in [5.41, 5.74) is 1.90. The van der Waals surface area contributed by atoms with Crippen molar-refractivity contribution in [3.63, 3.8) is 0 Å². The summed E-state index contributed by atoms with van der Waals surface area (Å²) in [5.74, 6) is 0.861. The Bertz CT molecular complexity index is 1580. The van der Waals surface area contributed by atoms with E-state index < -0.39 is 16.0 Å². The number of carboxylic acids is 1. The number of fused-ring (bicyclic) bond motifs is 1. The highest BCUT2D eigenvalue weighted by Gasteiger charge is 2.22. The van der Waals surface area contributed by atoms with Gasteiger partial charge in [0.25, 0.3) is 10.0 Å². The van der Waals surface area contributed by atoms with E-state index in [4.69, 9.17) is 4.98 Å². The summed E-state index contributed by atoms with van der Waals surface area (Å²) in [6.45, 7) is 7.03. The molecule has 9 nitrogen and oxygen atoms in total. The fourth-order valence-electron chi connectivity index (χ4n) is 4.81. The Morgan fingerprint density at radius 1 is 0.949 bits per heavy atom. The number of benzene rings is 2. The van der Waals surface area contributed by atoms with E-state index in [1.807, 2.05) is 30.3 Å². The predicted octanol–water partition coefficient (Wildman–Crippen LogP) is 4.65. The summed E-state index contributed by atoms with van der Waals surface area (Å²) in [6.07, 6.45) is 2.63. The van der Waals surface area contributed by atoms with E-state index in [-0.39, 0.29) is 16.1 Å². The van der Waals surface area contributed by atoms with Gasteiger partial charge in [0.1, 0.15) is 11.6 Å². The molecule has 10 heteroatoms. The lowest BCUT2D eigenvalue weighted by Gasteiger charge is -2.36. The second kappa shape index (κ2) is 10.9. The number of aromatic nitrogens is 2. The van der Waals surface area contributed by atoms with Crippen molar-refractivity contribution in [3.05, 3.63) is 84.1 Å². The number of anilines is 3. The molecule has 1 fully saturated rings. The van der Waals surface area contributed by atoms with Crippen molar-refractivity contribution in [2.24, 2.45) is 5.92 Å². The monoisotopic (exact) mass is 545 g/mol. The van der Waals surface area contributed by atoms with Gasteiger partial charge < -0.3 is 14.9 Å². The number of rotatable bonds is 8. The van der Waals surface area contributed by atoms with Crippen LogP contribution in [-0.4, -0.2) is 55.6 Å². The van der Waals surface area contributed by atoms with Gasteiger partial charge >= 0.3 is 5.97 Å². The van der Waals surface area contributed by atoms with Crippen LogP contribution >= 0.6 is 0 Å². The first-order valence-corrected chi connectivity index (χ1v) is 14.4. The minimum atomic E-state index is -3.85. The summed E-state index contributed by atoms with van der Waals surface area (Å²) < 4.78 is 28.6. The molecule has 2 aromatic carbocycles. The SMILES string of the molecule is CC(C)Cc1ccc(S(=O)(=O)Nc2ccc3nc(N4CCN(c5ccccn5)CC4)cc(C(=O)O)c3c2)cc1. The van der Waals surface area contributed by atoms with Crippen molar-refractivity contribution in [2.75, 3.05) is 40.7 Å². The quantitative estimate of drug-likeness (QED) is 0.329. The van der Waals surface area contributed by atoms with Crippen LogP contribution < -0.4 is 14.5 Å². The lowest BCUT2D eigenvalue weighted by Crippen LogP contribution is -2.47. The Kier molecular flexibility index (Phi) is 7.38. The van der Waals surface area contributed by atoms with Crippen LogP contribution in [0.1, 0.15) is 29.8 Å². The summed E-state index contributed by atoms with van der Waals surface area (Å²) in [6, 6.07) is 19.0. The van der Waals surface area contributed by atoms with Gasteiger partial charge in [-0.05, 0) is 66.4 Å². The van der Waals surface area contributed by atoms with E-state index in [9.17, 15) is 18.3 Å². The van der Waals surface area contributed by atoms with Gasteiger partial charge in [0.05, 0.1) is 16.0 Å². The van der Waals surface area contributed by atoms with Crippen molar-refractivity contribution in [2.45, 2.75) is 25.2 Å². The summed E-state index contributed by atoms with van der Waals surface area (Å²) in [4.78, 5) is 25.7. The van der Waals surface area contributed by atoms with Gasteiger partial charge in [0, 0.05) is 43.4 Å². The van der Waals surface area contributed by atoms with Crippen LogP contribution in [0.2, 0.25) is 0 Å². The molecule has 2 aromatic heterocycles. The Morgan fingerprint density at radius 3 is 2.26 bits per heavy atom. The molecule has 1 saturated heterocycles. The molecule has 0 amide bonds. The van der Waals surface area contributed by atoms with Gasteiger partial charge in [-0.3, -0.25) is 4.72 Å². The van der Waals surface area contributed by atoms with Crippen LogP contribution in [0.3, 0.4) is 0 Å². The molecule has 0 spiro atoms. The Balaban J connectivity index is 1.37. The van der Waals surface area contributed by atoms with Gasteiger partial charge in [-0.15, -0.1) is 0 Å². The van der Waals surface area contributed by atoms with Gasteiger partial charge in [-0.2, -0.15) is 0 Å². The number of piperazine rings is 1. The maximum Gasteiger partial charge on any atom is 0.336 e. The molecule has 0 aliphatic carbocycles. The average molecular weight is 546 g/mol. The van der Waals surface area contributed by atoms with E-state index in [2.05, 4.69) is 33.4 Å². The van der Waals surface area contributed by atoms with Gasteiger partial charge in [0.15, 0.2) is 0 Å². The number of nitrogens with one attached hydrogen (secondary N) is 1. The van der Waals surface area contributed by atoms with E-state index in [1.54, 1.807) is 36.5 Å². The smallest absolute Gasteiger partial charge is 0.336 e. The average Bonchev–Trinajstić information content (AvgIpc) is 2.93. The zero-order chi connectivity index (χ0) is 27.6. The molecule has 0 bridgehead atoms. The molecule has 202 valence electrons. The Hall–Kier alpha value is -4.18. The molecule has 3 heterocycles. The van der Waals surface area contributed by atoms with Crippen molar-refractivity contribution in [1.29, 1.82) is 0 Å². The third kappa shape index (κ3) is 5.96. The fourth-order valence-corrected chi connectivity index (χ4v) is 5.86. The Morgan fingerprint density at radius 2 is 1.64 bits per heavy atom. The van der Waals surface area contributed by atoms with Crippen LogP contribution in [0.4, 0.5) is 17.3 Å². The van der Waals surface area contributed by atoms with Crippen molar-refractivity contribution in [3.8, 4) is 0 Å². The lowest BCUT2D eigenvalue weighted by atomic mass is 10.0. The molecule has 2 N–H and O–H groups in total. The molecule has 0 unspecified atom stereocenters. The third-order valence-electron chi connectivity index (χ3n) is 6.73. The third-order valence-corrected chi connectivity index (χ3v) is 8.13. The van der Waals surface area contributed by atoms with Gasteiger partial charge in [-0.25, -0.2) is 23.2 Å². The lowest BCUT2D eigenvalue weighted by molar-refractivity contribution is 0.0699. The standard InChI is InChI=1S/C29H31N5O4S/c1-20(2)17-21-6-9-23(10-7-21)39(37,38)32-22-8-11-26-24(18-22)25(29(35)36)19-28(31-26)34-15-13-33(14-16-34)27-5-3-4-12-30-27/h3-12,18-20,32H,13-17H2,1-2H3,(H,35,36). The number of carboxylic acid groups (broad SMARTS) is 1. The van der Waals surface area contributed by atoms with Crippen LogP contribution in [0.5, 0.6) is 0 Å². The van der Waals surface area contributed by atoms with Crippen molar-refractivity contribution >= 4 is 44.2 Å². The van der Waals surface area contributed by atoms with Crippen LogP contribution in [0.15, 0.2) is 77.8 Å². The number of hydrogen-bond acceptors (Lipinski definition) is 7. The first kappa shape index (κ1) is 26.4. The van der Waals surface area contributed by atoms with Crippen LogP contribution in [0, 0.1) is 5.92 Å². The highest BCUT2D eigenvalue weighted by molar-refractivity contribution is 7.92. The molecular weight excluding hydrogens is 514 g/mol. The topological polar surface area (TPSA) is 116 Å². The minimum Gasteiger partial charge on any atom is -0.478 e. The zero-order valence-electron chi connectivity index (χ0n) is 21.9.